The average Bonchev–Trinajstić information content (AvgIpc) is 3.58. The van der Waals surface area contributed by atoms with Crippen LogP contribution in [0.15, 0.2) is 41.0 Å². The van der Waals surface area contributed by atoms with Gasteiger partial charge >= 0.3 is 0 Å². The molecule has 0 unspecified atom stereocenters. The van der Waals surface area contributed by atoms with E-state index in [9.17, 15) is 10.1 Å². The Labute approximate surface area is 204 Å². The number of nitrogens with one attached hydrogen (secondary N) is 1. The molecule has 0 spiro atoms. The molecule has 0 atom stereocenters. The minimum absolute atomic E-state index is 0.121. The van der Waals surface area contributed by atoms with Crippen molar-refractivity contribution in [3.8, 4) is 17.6 Å². The van der Waals surface area contributed by atoms with E-state index in [1.807, 2.05) is 42.7 Å². The fraction of sp³-hybridized carbons (Fsp3) is 0.385. The quantitative estimate of drug-likeness (QED) is 0.561. The van der Waals surface area contributed by atoms with Gasteiger partial charge in [-0.2, -0.15) is 5.26 Å². The van der Waals surface area contributed by atoms with Gasteiger partial charge in [0.25, 0.3) is 0 Å². The van der Waals surface area contributed by atoms with Gasteiger partial charge in [-0.3, -0.25) is 14.6 Å². The second-order valence-corrected chi connectivity index (χ2v) is 9.00. The minimum Gasteiger partial charge on any atom is -0.467 e. The lowest BCUT2D eigenvalue weighted by atomic mass is 10.1. The topological polar surface area (TPSA) is 95.9 Å². The summed E-state index contributed by atoms with van der Waals surface area (Å²) in [6, 6.07) is 12.0. The summed E-state index contributed by atoms with van der Waals surface area (Å²) in [4.78, 5) is 17.5. The molecule has 1 amide bonds. The predicted octanol–water partition coefficient (Wildman–Crippen LogP) is 3.10. The molecule has 0 bridgehead atoms. The van der Waals surface area contributed by atoms with Crippen LogP contribution in [0, 0.1) is 25.2 Å². The molecule has 4 heterocycles. The SMILES string of the molecule is Cc1c(C#N)c(NC(=O)CN2CCN(Cc3ccc4c(c3)OCO4)CC2)n(Cc2ccco2)c1C. The molecule has 1 N–H and O–H groups in total. The van der Waals surface area contributed by atoms with E-state index in [4.69, 9.17) is 13.9 Å². The Kier molecular flexibility index (Phi) is 6.49. The third-order valence-corrected chi connectivity index (χ3v) is 6.77. The molecule has 1 saturated heterocycles. The summed E-state index contributed by atoms with van der Waals surface area (Å²) in [6.07, 6.45) is 1.62. The van der Waals surface area contributed by atoms with Crippen LogP contribution >= 0.6 is 0 Å². The first-order valence-electron chi connectivity index (χ1n) is 11.8. The molecule has 0 aliphatic carbocycles. The maximum Gasteiger partial charge on any atom is 0.239 e. The van der Waals surface area contributed by atoms with E-state index in [2.05, 4.69) is 27.3 Å². The second kappa shape index (κ2) is 9.86. The zero-order valence-corrected chi connectivity index (χ0v) is 20.0. The lowest BCUT2D eigenvalue weighted by molar-refractivity contribution is -0.117. The summed E-state index contributed by atoms with van der Waals surface area (Å²) < 4.78 is 18.3. The van der Waals surface area contributed by atoms with Crippen LogP contribution < -0.4 is 14.8 Å². The van der Waals surface area contributed by atoms with Crippen molar-refractivity contribution in [3.63, 3.8) is 0 Å². The summed E-state index contributed by atoms with van der Waals surface area (Å²) in [5.41, 5.74) is 3.49. The fourth-order valence-corrected chi connectivity index (χ4v) is 4.66. The Bertz CT molecular complexity index is 1250. The first-order chi connectivity index (χ1) is 17.0. The maximum atomic E-state index is 13.0. The standard InChI is InChI=1S/C26H29N5O4/c1-18-19(2)31(15-21-4-3-11-33-21)26(22(18)13-27)28-25(32)16-30-9-7-29(8-10-30)14-20-5-6-23-24(12-20)35-17-34-23/h3-6,11-12H,7-10,14-17H2,1-2H3,(H,28,32). The molecule has 2 aliphatic heterocycles. The zero-order chi connectivity index (χ0) is 24.4. The Morgan fingerprint density at radius 1 is 1.06 bits per heavy atom. The lowest BCUT2D eigenvalue weighted by Crippen LogP contribution is -2.48. The van der Waals surface area contributed by atoms with Crippen molar-refractivity contribution in [3.05, 3.63) is 64.7 Å². The number of hydrogen-bond donors (Lipinski definition) is 1. The first-order valence-corrected chi connectivity index (χ1v) is 11.8. The second-order valence-electron chi connectivity index (χ2n) is 9.00. The van der Waals surface area contributed by atoms with Gasteiger partial charge < -0.3 is 23.8 Å². The molecule has 35 heavy (non-hydrogen) atoms. The molecule has 0 radical (unpaired) electrons. The number of carbonyl (C=O) groups is 1. The molecule has 2 aromatic heterocycles. The van der Waals surface area contributed by atoms with Crippen molar-refractivity contribution in [1.29, 1.82) is 5.26 Å². The van der Waals surface area contributed by atoms with E-state index in [0.717, 1.165) is 61.2 Å². The summed E-state index contributed by atoms with van der Waals surface area (Å²) in [6.45, 7) is 9.06. The number of furan rings is 1. The first kappa shape index (κ1) is 23.0. The number of benzene rings is 1. The number of fused-ring (bicyclic) bond motifs is 1. The van der Waals surface area contributed by atoms with Gasteiger partial charge in [-0.05, 0) is 49.2 Å². The van der Waals surface area contributed by atoms with Crippen LogP contribution in [0.2, 0.25) is 0 Å². The van der Waals surface area contributed by atoms with Crippen molar-refractivity contribution in [2.75, 3.05) is 44.8 Å². The van der Waals surface area contributed by atoms with Crippen molar-refractivity contribution in [1.82, 2.24) is 14.4 Å². The molecule has 1 fully saturated rings. The number of rotatable bonds is 7. The third kappa shape index (κ3) is 4.90. The van der Waals surface area contributed by atoms with Crippen LogP contribution in [-0.2, 0) is 17.9 Å². The largest absolute Gasteiger partial charge is 0.467 e. The van der Waals surface area contributed by atoms with Gasteiger partial charge in [0.15, 0.2) is 11.5 Å². The van der Waals surface area contributed by atoms with Crippen LogP contribution in [0.5, 0.6) is 11.5 Å². The number of nitrogens with zero attached hydrogens (tertiary/aromatic N) is 4. The van der Waals surface area contributed by atoms with E-state index in [1.54, 1.807) is 6.26 Å². The van der Waals surface area contributed by atoms with E-state index < -0.39 is 0 Å². The van der Waals surface area contributed by atoms with Crippen LogP contribution in [0.4, 0.5) is 5.82 Å². The molecule has 9 heteroatoms. The van der Waals surface area contributed by atoms with Gasteiger partial charge in [-0.1, -0.05) is 6.07 Å². The van der Waals surface area contributed by atoms with Crippen molar-refractivity contribution < 1.29 is 18.7 Å². The highest BCUT2D eigenvalue weighted by molar-refractivity contribution is 5.93. The van der Waals surface area contributed by atoms with Crippen LogP contribution in [0.25, 0.3) is 0 Å². The minimum atomic E-state index is -0.121. The summed E-state index contributed by atoms with van der Waals surface area (Å²) >= 11 is 0. The van der Waals surface area contributed by atoms with Gasteiger partial charge in [0.1, 0.15) is 17.6 Å². The third-order valence-electron chi connectivity index (χ3n) is 6.77. The van der Waals surface area contributed by atoms with E-state index in [1.165, 1.54) is 5.56 Å². The Morgan fingerprint density at radius 2 is 1.83 bits per heavy atom. The van der Waals surface area contributed by atoms with Gasteiger partial charge in [0, 0.05) is 38.4 Å². The van der Waals surface area contributed by atoms with E-state index in [0.29, 0.717) is 17.9 Å². The summed E-state index contributed by atoms with van der Waals surface area (Å²) in [5.74, 6) is 2.78. The van der Waals surface area contributed by atoms with Crippen molar-refractivity contribution in [2.24, 2.45) is 0 Å². The highest BCUT2D eigenvalue weighted by Gasteiger charge is 2.23. The molecular weight excluding hydrogens is 446 g/mol. The number of ether oxygens (including phenoxy) is 2. The number of aromatic nitrogens is 1. The van der Waals surface area contributed by atoms with Crippen molar-refractivity contribution >= 4 is 11.7 Å². The van der Waals surface area contributed by atoms with Crippen LogP contribution in [0.3, 0.4) is 0 Å². The summed E-state index contributed by atoms with van der Waals surface area (Å²) in [7, 11) is 0. The van der Waals surface area contributed by atoms with E-state index >= 15 is 0 Å². The van der Waals surface area contributed by atoms with Gasteiger partial charge in [-0.15, -0.1) is 0 Å². The molecule has 9 nitrogen and oxygen atoms in total. The normalized spacial score (nSPS) is 15.8. The molecule has 0 saturated carbocycles. The smallest absolute Gasteiger partial charge is 0.239 e. The predicted molar refractivity (Wildman–Crippen MR) is 129 cm³/mol. The Morgan fingerprint density at radius 3 is 2.57 bits per heavy atom. The average molecular weight is 476 g/mol. The number of piperazine rings is 1. The molecular formula is C26H29N5O4. The number of carbonyl (C=O) groups excluding carboxylic acids is 1. The van der Waals surface area contributed by atoms with Gasteiger partial charge in [-0.25, -0.2) is 0 Å². The number of hydrogen-bond acceptors (Lipinski definition) is 7. The fourth-order valence-electron chi connectivity index (χ4n) is 4.66. The van der Waals surface area contributed by atoms with E-state index in [-0.39, 0.29) is 19.2 Å². The Hall–Kier alpha value is -3.74. The van der Waals surface area contributed by atoms with Crippen LogP contribution in [-0.4, -0.2) is 59.8 Å². The molecule has 5 rings (SSSR count). The molecule has 1 aromatic carbocycles. The lowest BCUT2D eigenvalue weighted by Gasteiger charge is -2.34. The highest BCUT2D eigenvalue weighted by atomic mass is 16.7. The highest BCUT2D eigenvalue weighted by Crippen LogP contribution is 2.33. The maximum absolute atomic E-state index is 13.0. The summed E-state index contributed by atoms with van der Waals surface area (Å²) in [5, 5.41) is 12.7. The zero-order valence-electron chi connectivity index (χ0n) is 20.0. The Balaban J connectivity index is 1.18. The molecule has 3 aromatic rings. The number of amides is 1. The van der Waals surface area contributed by atoms with Crippen LogP contribution in [0.1, 0.15) is 28.1 Å². The molecule has 2 aliphatic rings. The monoisotopic (exact) mass is 475 g/mol. The number of anilines is 1. The molecule has 182 valence electrons. The number of nitriles is 1. The van der Waals surface area contributed by atoms with Gasteiger partial charge in [0.2, 0.25) is 12.7 Å². The van der Waals surface area contributed by atoms with Gasteiger partial charge in [0.05, 0.1) is 24.9 Å². The van der Waals surface area contributed by atoms with Crippen molar-refractivity contribution in [2.45, 2.75) is 26.9 Å².